The molecule has 3 aromatic carbocycles. The Morgan fingerprint density at radius 3 is 2.56 bits per heavy atom. The maximum absolute atomic E-state index is 12.5. The van der Waals surface area contributed by atoms with Gasteiger partial charge in [-0.1, -0.05) is 24.3 Å². The zero-order chi connectivity index (χ0) is 17.4. The van der Waals surface area contributed by atoms with Gasteiger partial charge in [0.05, 0.1) is 4.92 Å². The lowest BCUT2D eigenvalue weighted by atomic mass is 10.1. The van der Waals surface area contributed by atoms with Crippen molar-refractivity contribution in [3.63, 3.8) is 0 Å². The van der Waals surface area contributed by atoms with Crippen LogP contribution in [0.5, 0.6) is 0 Å². The molecule has 6 nitrogen and oxygen atoms in total. The van der Waals surface area contributed by atoms with Gasteiger partial charge in [-0.25, -0.2) is 0 Å². The number of rotatable bonds is 3. The first kappa shape index (κ1) is 14.9. The molecule has 1 aromatic heterocycles. The maximum Gasteiger partial charge on any atom is 0.271 e. The second kappa shape index (κ2) is 5.76. The highest BCUT2D eigenvalue weighted by Gasteiger charge is 2.13. The van der Waals surface area contributed by atoms with Crippen LogP contribution in [-0.2, 0) is 0 Å². The monoisotopic (exact) mass is 332 g/mol. The summed E-state index contributed by atoms with van der Waals surface area (Å²) in [6, 6.07) is 18.6. The number of furan rings is 1. The van der Waals surface area contributed by atoms with Gasteiger partial charge in [-0.15, -0.1) is 0 Å². The van der Waals surface area contributed by atoms with Crippen molar-refractivity contribution in [1.82, 2.24) is 0 Å². The van der Waals surface area contributed by atoms with Crippen LogP contribution in [0.3, 0.4) is 0 Å². The van der Waals surface area contributed by atoms with Gasteiger partial charge in [-0.3, -0.25) is 14.9 Å². The van der Waals surface area contributed by atoms with E-state index in [1.165, 1.54) is 18.2 Å². The number of nitrogens with one attached hydrogen (secondary N) is 1. The third kappa shape index (κ3) is 2.70. The highest BCUT2D eigenvalue weighted by atomic mass is 16.6. The molecule has 0 aliphatic carbocycles. The lowest BCUT2D eigenvalue weighted by Gasteiger charge is -2.05. The fourth-order valence-corrected chi connectivity index (χ4v) is 2.77. The molecule has 6 heteroatoms. The number of fused-ring (bicyclic) bond motifs is 3. The Kier molecular flexibility index (Phi) is 3.43. The molecule has 4 aromatic rings. The van der Waals surface area contributed by atoms with E-state index in [1.807, 2.05) is 24.3 Å². The van der Waals surface area contributed by atoms with Crippen LogP contribution in [0.4, 0.5) is 11.4 Å². The number of carbonyl (C=O) groups is 1. The number of non-ortho nitro benzene ring substituents is 1. The molecule has 0 aliphatic rings. The van der Waals surface area contributed by atoms with Crippen molar-refractivity contribution in [3.8, 4) is 0 Å². The van der Waals surface area contributed by atoms with Crippen molar-refractivity contribution in [2.75, 3.05) is 5.32 Å². The molecular weight excluding hydrogens is 320 g/mol. The highest BCUT2D eigenvalue weighted by molar-refractivity contribution is 6.11. The van der Waals surface area contributed by atoms with Crippen LogP contribution in [0.25, 0.3) is 21.9 Å². The van der Waals surface area contributed by atoms with E-state index >= 15 is 0 Å². The Balaban J connectivity index is 1.69. The quantitative estimate of drug-likeness (QED) is 0.433. The fraction of sp³-hybridized carbons (Fsp3) is 0. The molecule has 122 valence electrons. The summed E-state index contributed by atoms with van der Waals surface area (Å²) in [4.78, 5) is 22.8. The molecule has 1 amide bonds. The average molecular weight is 332 g/mol. The van der Waals surface area contributed by atoms with Crippen LogP contribution in [0, 0.1) is 10.1 Å². The lowest BCUT2D eigenvalue weighted by molar-refractivity contribution is -0.384. The summed E-state index contributed by atoms with van der Waals surface area (Å²) in [6.45, 7) is 0. The molecule has 0 fully saturated rings. The number of anilines is 1. The molecule has 0 spiro atoms. The van der Waals surface area contributed by atoms with Crippen molar-refractivity contribution in [2.45, 2.75) is 0 Å². The van der Waals surface area contributed by atoms with Crippen LogP contribution in [0.1, 0.15) is 10.4 Å². The zero-order valence-corrected chi connectivity index (χ0v) is 12.9. The standard InChI is InChI=1S/C19H12N2O4/c22-19(20-13-4-3-5-14(11-13)21(23)24)12-8-9-18-16(10-12)15-6-1-2-7-17(15)25-18/h1-11H,(H,20,22). The van der Waals surface area contributed by atoms with E-state index in [4.69, 9.17) is 4.42 Å². The van der Waals surface area contributed by atoms with E-state index in [2.05, 4.69) is 5.32 Å². The van der Waals surface area contributed by atoms with Crippen molar-refractivity contribution in [1.29, 1.82) is 0 Å². The molecule has 0 radical (unpaired) electrons. The van der Waals surface area contributed by atoms with Gasteiger partial charge in [0, 0.05) is 34.2 Å². The normalized spacial score (nSPS) is 10.9. The van der Waals surface area contributed by atoms with Gasteiger partial charge in [0.2, 0.25) is 0 Å². The second-order valence-corrected chi connectivity index (χ2v) is 5.57. The maximum atomic E-state index is 12.5. The van der Waals surface area contributed by atoms with Gasteiger partial charge < -0.3 is 9.73 Å². The minimum Gasteiger partial charge on any atom is -0.456 e. The SMILES string of the molecule is O=C(Nc1cccc([N+](=O)[O-])c1)c1ccc2oc3ccccc3c2c1. The molecule has 25 heavy (non-hydrogen) atoms. The van der Waals surface area contributed by atoms with Crippen LogP contribution in [0.15, 0.2) is 71.1 Å². The van der Waals surface area contributed by atoms with E-state index in [9.17, 15) is 14.9 Å². The number of nitro benzene ring substituents is 1. The predicted octanol–water partition coefficient (Wildman–Crippen LogP) is 4.75. The van der Waals surface area contributed by atoms with Gasteiger partial charge in [-0.05, 0) is 30.3 Å². The third-order valence-corrected chi connectivity index (χ3v) is 3.95. The molecular formula is C19H12N2O4. The number of amides is 1. The van der Waals surface area contributed by atoms with E-state index in [-0.39, 0.29) is 11.6 Å². The van der Waals surface area contributed by atoms with E-state index in [0.717, 1.165) is 16.4 Å². The third-order valence-electron chi connectivity index (χ3n) is 3.95. The first-order chi connectivity index (χ1) is 12.1. The number of hydrogen-bond acceptors (Lipinski definition) is 4. The van der Waals surface area contributed by atoms with Crippen molar-refractivity contribution < 1.29 is 14.1 Å². The molecule has 1 heterocycles. The minimum absolute atomic E-state index is 0.0749. The van der Waals surface area contributed by atoms with E-state index < -0.39 is 4.92 Å². The lowest BCUT2D eigenvalue weighted by Crippen LogP contribution is -2.11. The van der Waals surface area contributed by atoms with E-state index in [0.29, 0.717) is 16.8 Å². The summed E-state index contributed by atoms with van der Waals surface area (Å²) in [5, 5.41) is 15.3. The summed E-state index contributed by atoms with van der Waals surface area (Å²) < 4.78 is 5.74. The van der Waals surface area contributed by atoms with Crippen LogP contribution < -0.4 is 5.32 Å². The van der Waals surface area contributed by atoms with Crippen molar-refractivity contribution in [3.05, 3.63) is 82.4 Å². The Morgan fingerprint density at radius 2 is 1.72 bits per heavy atom. The number of hydrogen-bond donors (Lipinski definition) is 1. The molecule has 0 bridgehead atoms. The van der Waals surface area contributed by atoms with Crippen LogP contribution >= 0.6 is 0 Å². The Hall–Kier alpha value is -3.67. The molecule has 1 N–H and O–H groups in total. The molecule has 0 unspecified atom stereocenters. The summed E-state index contributed by atoms with van der Waals surface area (Å²) >= 11 is 0. The summed E-state index contributed by atoms with van der Waals surface area (Å²) in [5.74, 6) is -0.340. The number of nitrogens with zero attached hydrogens (tertiary/aromatic N) is 1. The van der Waals surface area contributed by atoms with Gasteiger partial charge in [-0.2, -0.15) is 0 Å². The first-order valence-electron chi connectivity index (χ1n) is 7.59. The zero-order valence-electron chi connectivity index (χ0n) is 12.9. The summed E-state index contributed by atoms with van der Waals surface area (Å²) in [7, 11) is 0. The topological polar surface area (TPSA) is 85.4 Å². The Labute approximate surface area is 141 Å². The minimum atomic E-state index is -0.501. The van der Waals surface area contributed by atoms with Crippen LogP contribution in [0.2, 0.25) is 0 Å². The second-order valence-electron chi connectivity index (χ2n) is 5.57. The van der Waals surface area contributed by atoms with Gasteiger partial charge in [0.1, 0.15) is 11.2 Å². The molecule has 0 atom stereocenters. The molecule has 4 rings (SSSR count). The fourth-order valence-electron chi connectivity index (χ4n) is 2.77. The Morgan fingerprint density at radius 1 is 0.920 bits per heavy atom. The smallest absolute Gasteiger partial charge is 0.271 e. The van der Waals surface area contributed by atoms with Crippen molar-refractivity contribution in [2.24, 2.45) is 0 Å². The Bertz CT molecular complexity index is 1130. The average Bonchev–Trinajstić information content (AvgIpc) is 2.99. The highest BCUT2D eigenvalue weighted by Crippen LogP contribution is 2.29. The first-order valence-corrected chi connectivity index (χ1v) is 7.59. The van der Waals surface area contributed by atoms with Gasteiger partial charge >= 0.3 is 0 Å². The number of para-hydroxylation sites is 1. The predicted molar refractivity (Wildman–Crippen MR) is 94.8 cm³/mol. The molecule has 0 saturated carbocycles. The number of nitro groups is 1. The summed E-state index contributed by atoms with van der Waals surface area (Å²) in [5.41, 5.74) is 2.21. The van der Waals surface area contributed by atoms with Crippen molar-refractivity contribution >= 4 is 39.2 Å². The number of carbonyl (C=O) groups excluding carboxylic acids is 1. The largest absolute Gasteiger partial charge is 0.456 e. The summed E-state index contributed by atoms with van der Waals surface area (Å²) in [6.07, 6.45) is 0. The van der Waals surface area contributed by atoms with Gasteiger partial charge in [0.15, 0.2) is 0 Å². The van der Waals surface area contributed by atoms with E-state index in [1.54, 1.807) is 24.3 Å². The molecule has 0 saturated heterocycles. The van der Waals surface area contributed by atoms with Crippen LogP contribution in [-0.4, -0.2) is 10.8 Å². The molecule has 0 aliphatic heterocycles. The number of benzene rings is 3. The van der Waals surface area contributed by atoms with Gasteiger partial charge in [0.25, 0.3) is 11.6 Å².